The number of oxime groups is 1. The van der Waals surface area contributed by atoms with Gasteiger partial charge < -0.3 is 15.1 Å². The van der Waals surface area contributed by atoms with E-state index in [0.717, 1.165) is 23.2 Å². The first-order valence-corrected chi connectivity index (χ1v) is 11.5. The average molecular weight is 499 g/mol. The first kappa shape index (κ1) is 26.3. The summed E-state index contributed by atoms with van der Waals surface area (Å²) < 4.78 is 29.5. The molecule has 0 saturated carbocycles. The maximum absolute atomic E-state index is 14.8. The van der Waals surface area contributed by atoms with E-state index in [1.165, 1.54) is 31.5 Å². The van der Waals surface area contributed by atoms with Crippen LogP contribution in [0.4, 0.5) is 14.6 Å². The number of aromatic nitrogens is 1. The molecule has 8 heteroatoms. The molecule has 1 aromatic heterocycles. The second-order valence-electron chi connectivity index (χ2n) is 8.36. The van der Waals surface area contributed by atoms with Crippen molar-refractivity contribution in [2.75, 3.05) is 39.6 Å². The molecule has 0 radical (unpaired) electrons. The van der Waals surface area contributed by atoms with E-state index in [2.05, 4.69) is 10.5 Å². The lowest BCUT2D eigenvalue weighted by molar-refractivity contribution is 0.216. The maximum atomic E-state index is 14.8. The molecular formula is C27H29ClF2N4O. The van der Waals surface area contributed by atoms with Crippen LogP contribution in [-0.4, -0.2) is 50.4 Å². The Balaban J connectivity index is 2.43. The molecule has 1 N–H and O–H groups in total. The molecule has 0 spiro atoms. The Bertz CT molecular complexity index is 1340. The third-order valence-electron chi connectivity index (χ3n) is 5.44. The molecule has 0 atom stereocenters. The molecule has 0 amide bonds. The van der Waals surface area contributed by atoms with Crippen LogP contribution in [0.25, 0.3) is 22.8 Å². The van der Waals surface area contributed by atoms with Gasteiger partial charge >= 0.3 is 0 Å². The maximum Gasteiger partial charge on any atom is 0.133 e. The van der Waals surface area contributed by atoms with Gasteiger partial charge in [-0.2, -0.15) is 0 Å². The topological polar surface area (TPSA) is 49.8 Å². The van der Waals surface area contributed by atoms with Crippen molar-refractivity contribution in [2.45, 2.75) is 13.8 Å². The SMILES string of the molecule is CO/N=C/C=c1/c(-c2ccc(C)cc2Cl)cc(NCCN(C)C)n/c1=C(/C)c1c(F)cccc1F. The number of aryl methyl sites for hydroxylation is 1. The zero-order valence-electron chi connectivity index (χ0n) is 20.5. The van der Waals surface area contributed by atoms with E-state index in [4.69, 9.17) is 21.4 Å². The smallest absolute Gasteiger partial charge is 0.133 e. The molecule has 0 aliphatic carbocycles. The highest BCUT2D eigenvalue weighted by atomic mass is 35.5. The number of anilines is 1. The monoisotopic (exact) mass is 498 g/mol. The first-order valence-electron chi connectivity index (χ1n) is 11.1. The number of halogens is 3. The van der Waals surface area contributed by atoms with Crippen molar-refractivity contribution in [1.82, 2.24) is 9.88 Å². The average Bonchev–Trinajstić information content (AvgIpc) is 2.79. The summed E-state index contributed by atoms with van der Waals surface area (Å²) in [5.41, 5.74) is 2.73. The van der Waals surface area contributed by atoms with E-state index in [0.29, 0.717) is 33.5 Å². The fourth-order valence-electron chi connectivity index (χ4n) is 3.71. The number of nitrogens with one attached hydrogen (secondary N) is 1. The lowest BCUT2D eigenvalue weighted by atomic mass is 9.99. The standard InChI is InChI=1S/C27H29ClF2N4O/c1-17-9-10-19(22(28)15-17)21-16-25(31-13-14-34(3)4)33-27(20(21)11-12-32-35-5)18(2)26-23(29)7-6-8-24(26)30/h6-12,15-16H,13-14H2,1-5H3,(H,31,33)/b20-11-,27-18-,32-12+. The van der Waals surface area contributed by atoms with Crippen LogP contribution >= 0.6 is 11.6 Å². The van der Waals surface area contributed by atoms with Crippen molar-refractivity contribution in [3.63, 3.8) is 0 Å². The van der Waals surface area contributed by atoms with Crippen molar-refractivity contribution in [1.29, 1.82) is 0 Å². The van der Waals surface area contributed by atoms with Gasteiger partial charge in [-0.25, -0.2) is 13.8 Å². The van der Waals surface area contributed by atoms with E-state index >= 15 is 0 Å². The molecular weight excluding hydrogens is 470 g/mol. The minimum Gasteiger partial charge on any atom is -0.399 e. The van der Waals surface area contributed by atoms with Crippen molar-refractivity contribution in [3.8, 4) is 11.1 Å². The second kappa shape index (κ2) is 11.9. The van der Waals surface area contributed by atoms with Gasteiger partial charge in [-0.15, -0.1) is 0 Å². The fraction of sp³-hybridized carbons (Fsp3) is 0.259. The minimum absolute atomic E-state index is 0.135. The third-order valence-corrected chi connectivity index (χ3v) is 5.75. The van der Waals surface area contributed by atoms with Crippen LogP contribution in [0.15, 0.2) is 47.6 Å². The molecule has 0 saturated heterocycles. The largest absolute Gasteiger partial charge is 0.399 e. The Labute approximate surface area is 209 Å². The molecule has 0 aliphatic heterocycles. The summed E-state index contributed by atoms with van der Waals surface area (Å²) >= 11 is 6.65. The lowest BCUT2D eigenvalue weighted by Gasteiger charge is -2.15. The van der Waals surface area contributed by atoms with Crippen LogP contribution in [0, 0.1) is 18.6 Å². The number of rotatable bonds is 8. The summed E-state index contributed by atoms with van der Waals surface area (Å²) in [6.07, 6.45) is 3.17. The molecule has 184 valence electrons. The van der Waals surface area contributed by atoms with Crippen LogP contribution in [0.1, 0.15) is 18.1 Å². The summed E-state index contributed by atoms with van der Waals surface area (Å²) in [5.74, 6) is -0.770. The second-order valence-corrected chi connectivity index (χ2v) is 8.76. The van der Waals surface area contributed by atoms with E-state index < -0.39 is 11.6 Å². The molecule has 2 aromatic carbocycles. The summed E-state index contributed by atoms with van der Waals surface area (Å²) in [6.45, 7) is 5.01. The third kappa shape index (κ3) is 6.44. The molecule has 0 bridgehead atoms. The van der Waals surface area contributed by atoms with Gasteiger partial charge in [0.15, 0.2) is 0 Å². The normalized spacial score (nSPS) is 13.0. The van der Waals surface area contributed by atoms with Crippen LogP contribution in [0.5, 0.6) is 0 Å². The Hall–Kier alpha value is -3.29. The fourth-order valence-corrected chi connectivity index (χ4v) is 4.05. The van der Waals surface area contributed by atoms with Crippen LogP contribution in [0.2, 0.25) is 5.02 Å². The van der Waals surface area contributed by atoms with Crippen LogP contribution in [-0.2, 0) is 4.84 Å². The van der Waals surface area contributed by atoms with Gasteiger partial charge in [0.25, 0.3) is 0 Å². The predicted molar refractivity (Wildman–Crippen MR) is 140 cm³/mol. The van der Waals surface area contributed by atoms with Crippen molar-refractivity contribution >= 4 is 35.3 Å². The van der Waals surface area contributed by atoms with Crippen molar-refractivity contribution in [2.24, 2.45) is 5.16 Å². The summed E-state index contributed by atoms with van der Waals surface area (Å²) in [4.78, 5) is 11.6. The highest BCUT2D eigenvalue weighted by molar-refractivity contribution is 6.33. The van der Waals surface area contributed by atoms with Gasteiger partial charge in [-0.3, -0.25) is 0 Å². The van der Waals surface area contributed by atoms with E-state index in [1.54, 1.807) is 13.0 Å². The zero-order valence-corrected chi connectivity index (χ0v) is 21.3. The van der Waals surface area contributed by atoms with Gasteiger partial charge in [-0.05, 0) is 75.0 Å². The molecule has 3 aromatic rings. The molecule has 3 rings (SSSR count). The van der Waals surface area contributed by atoms with E-state index in [9.17, 15) is 8.78 Å². The zero-order chi connectivity index (χ0) is 25.5. The number of hydrogen-bond donors (Lipinski definition) is 1. The van der Waals surface area contributed by atoms with Gasteiger partial charge in [0.05, 0.1) is 17.1 Å². The highest BCUT2D eigenvalue weighted by Crippen LogP contribution is 2.27. The summed E-state index contributed by atoms with van der Waals surface area (Å²) in [5, 5.41) is 8.69. The van der Waals surface area contributed by atoms with Crippen molar-refractivity contribution < 1.29 is 13.6 Å². The molecule has 1 heterocycles. The Morgan fingerprint density at radius 2 is 1.86 bits per heavy atom. The Morgan fingerprint density at radius 1 is 1.14 bits per heavy atom. The van der Waals surface area contributed by atoms with Crippen LogP contribution < -0.4 is 15.9 Å². The minimum atomic E-state index is -0.665. The Morgan fingerprint density at radius 3 is 2.49 bits per heavy atom. The van der Waals surface area contributed by atoms with Crippen molar-refractivity contribution in [3.05, 3.63) is 80.8 Å². The quantitative estimate of drug-likeness (QED) is 0.364. The molecule has 35 heavy (non-hydrogen) atoms. The number of hydrogen-bond acceptors (Lipinski definition) is 5. The van der Waals surface area contributed by atoms with Gasteiger partial charge in [0, 0.05) is 28.9 Å². The Kier molecular flexibility index (Phi) is 8.95. The summed E-state index contributed by atoms with van der Waals surface area (Å²) in [6, 6.07) is 11.4. The first-order chi connectivity index (χ1) is 16.7. The number of benzene rings is 2. The highest BCUT2D eigenvalue weighted by Gasteiger charge is 2.15. The molecule has 0 fully saturated rings. The number of pyridine rings is 1. The lowest BCUT2D eigenvalue weighted by Crippen LogP contribution is -2.34. The number of nitrogens with zero attached hydrogens (tertiary/aromatic N) is 3. The predicted octanol–water partition coefficient (Wildman–Crippen LogP) is 4.59. The molecule has 5 nitrogen and oxygen atoms in total. The van der Waals surface area contributed by atoms with Gasteiger partial charge in [0.1, 0.15) is 24.6 Å². The molecule has 0 unspecified atom stereocenters. The van der Waals surface area contributed by atoms with E-state index in [1.807, 2.05) is 50.2 Å². The van der Waals surface area contributed by atoms with E-state index in [-0.39, 0.29) is 5.56 Å². The van der Waals surface area contributed by atoms with Gasteiger partial charge in [-0.1, -0.05) is 35.0 Å². The van der Waals surface area contributed by atoms with Gasteiger partial charge in [0.2, 0.25) is 0 Å². The number of likely N-dealkylation sites (N-methyl/N-ethyl adjacent to an activating group) is 1. The molecule has 0 aliphatic rings. The summed E-state index contributed by atoms with van der Waals surface area (Å²) in [7, 11) is 5.39. The van der Waals surface area contributed by atoms with Crippen LogP contribution in [0.3, 0.4) is 0 Å².